The Labute approximate surface area is 182 Å². The number of aromatic nitrogens is 3. The fraction of sp³-hybridized carbons (Fsp3) is 0.458. The minimum Gasteiger partial charge on any atom is -0.497 e. The molecule has 1 unspecified atom stereocenters. The van der Waals surface area contributed by atoms with Gasteiger partial charge in [-0.05, 0) is 56.2 Å². The van der Waals surface area contributed by atoms with E-state index in [4.69, 9.17) is 14.8 Å². The molecule has 1 atom stereocenters. The SMILES string of the molecule is COc1ccc(CNC(=O)C2CCCN(c3nccn4nc5c(c34)CCCC5)C2)cc1. The van der Waals surface area contributed by atoms with Crippen molar-refractivity contribution in [2.24, 2.45) is 5.92 Å². The summed E-state index contributed by atoms with van der Waals surface area (Å²) in [6.07, 6.45) is 10.2. The van der Waals surface area contributed by atoms with Gasteiger partial charge in [-0.2, -0.15) is 5.10 Å². The fourth-order valence-corrected chi connectivity index (χ4v) is 4.84. The van der Waals surface area contributed by atoms with Crippen molar-refractivity contribution in [1.82, 2.24) is 19.9 Å². The Hall–Kier alpha value is -3.09. The molecular weight excluding hydrogens is 390 g/mol. The van der Waals surface area contributed by atoms with Gasteiger partial charge in [-0.3, -0.25) is 4.79 Å². The molecule has 3 aromatic rings. The van der Waals surface area contributed by atoms with Gasteiger partial charge in [0.2, 0.25) is 5.91 Å². The number of carbonyl (C=O) groups excluding carboxylic acids is 1. The largest absolute Gasteiger partial charge is 0.497 e. The third-order valence-electron chi connectivity index (χ3n) is 6.52. The number of amides is 1. The molecule has 1 amide bonds. The molecule has 7 nitrogen and oxygen atoms in total. The normalized spacial score (nSPS) is 18.6. The zero-order chi connectivity index (χ0) is 21.2. The van der Waals surface area contributed by atoms with Gasteiger partial charge < -0.3 is 15.0 Å². The second-order valence-electron chi connectivity index (χ2n) is 8.53. The number of hydrogen-bond donors (Lipinski definition) is 1. The highest BCUT2D eigenvalue weighted by atomic mass is 16.5. The van der Waals surface area contributed by atoms with Crippen LogP contribution in [0.4, 0.5) is 5.82 Å². The predicted molar refractivity (Wildman–Crippen MR) is 119 cm³/mol. The molecule has 162 valence electrons. The van der Waals surface area contributed by atoms with Crippen LogP contribution < -0.4 is 15.0 Å². The predicted octanol–water partition coefficient (Wildman–Crippen LogP) is 3.15. The summed E-state index contributed by atoms with van der Waals surface area (Å²) in [6.45, 7) is 2.15. The lowest BCUT2D eigenvalue weighted by Crippen LogP contribution is -2.43. The smallest absolute Gasteiger partial charge is 0.225 e. The summed E-state index contributed by atoms with van der Waals surface area (Å²) in [5, 5.41) is 7.92. The quantitative estimate of drug-likeness (QED) is 0.688. The average molecular weight is 420 g/mol. The molecule has 1 aliphatic carbocycles. The van der Waals surface area contributed by atoms with E-state index < -0.39 is 0 Å². The van der Waals surface area contributed by atoms with Crippen molar-refractivity contribution in [3.8, 4) is 5.75 Å². The van der Waals surface area contributed by atoms with Gasteiger partial charge in [0.15, 0.2) is 5.82 Å². The number of nitrogens with zero attached hydrogens (tertiary/aromatic N) is 4. The minimum atomic E-state index is -0.0344. The highest BCUT2D eigenvalue weighted by molar-refractivity contribution is 5.80. The molecule has 2 aromatic heterocycles. The number of methoxy groups -OCH3 is 1. The van der Waals surface area contributed by atoms with E-state index >= 15 is 0 Å². The second-order valence-corrected chi connectivity index (χ2v) is 8.53. The van der Waals surface area contributed by atoms with Crippen molar-refractivity contribution in [1.29, 1.82) is 0 Å². The lowest BCUT2D eigenvalue weighted by Gasteiger charge is -2.33. The van der Waals surface area contributed by atoms with Crippen molar-refractivity contribution < 1.29 is 9.53 Å². The molecule has 1 N–H and O–H groups in total. The van der Waals surface area contributed by atoms with E-state index in [1.165, 1.54) is 24.1 Å². The Kier molecular flexibility index (Phi) is 5.49. The van der Waals surface area contributed by atoms with Gasteiger partial charge in [-0.25, -0.2) is 9.50 Å². The van der Waals surface area contributed by atoms with E-state index in [2.05, 4.69) is 10.2 Å². The van der Waals surface area contributed by atoms with Crippen LogP contribution in [0.25, 0.3) is 5.52 Å². The fourth-order valence-electron chi connectivity index (χ4n) is 4.84. The topological polar surface area (TPSA) is 71.8 Å². The summed E-state index contributed by atoms with van der Waals surface area (Å²) < 4.78 is 7.19. The Morgan fingerprint density at radius 2 is 2.03 bits per heavy atom. The van der Waals surface area contributed by atoms with Crippen LogP contribution in [0.15, 0.2) is 36.7 Å². The Morgan fingerprint density at radius 3 is 2.87 bits per heavy atom. The van der Waals surface area contributed by atoms with Gasteiger partial charge in [-0.1, -0.05) is 12.1 Å². The standard InChI is InChI=1S/C24H29N5O2/c1-31-19-10-8-17(9-11-19)15-26-24(30)18-5-4-13-28(16-18)23-22-20-6-2-3-7-21(20)27-29(22)14-12-25-23/h8-12,14,18H,2-7,13,15-16H2,1H3,(H,26,30). The van der Waals surface area contributed by atoms with E-state index in [0.29, 0.717) is 13.1 Å². The molecule has 7 heteroatoms. The molecule has 1 aliphatic heterocycles. The van der Waals surface area contributed by atoms with Crippen LogP contribution in [0.2, 0.25) is 0 Å². The minimum absolute atomic E-state index is 0.0344. The van der Waals surface area contributed by atoms with E-state index in [1.54, 1.807) is 7.11 Å². The van der Waals surface area contributed by atoms with Gasteiger partial charge in [-0.15, -0.1) is 0 Å². The molecule has 0 spiro atoms. The highest BCUT2D eigenvalue weighted by Crippen LogP contribution is 2.32. The highest BCUT2D eigenvalue weighted by Gasteiger charge is 2.29. The van der Waals surface area contributed by atoms with Gasteiger partial charge in [0, 0.05) is 37.6 Å². The molecule has 1 saturated heterocycles. The summed E-state index contributed by atoms with van der Waals surface area (Å²) >= 11 is 0. The van der Waals surface area contributed by atoms with Crippen LogP contribution in [-0.2, 0) is 24.2 Å². The van der Waals surface area contributed by atoms with Gasteiger partial charge in [0.1, 0.15) is 11.3 Å². The van der Waals surface area contributed by atoms with Crippen LogP contribution >= 0.6 is 0 Å². The molecule has 0 radical (unpaired) electrons. The number of anilines is 1. The number of aryl methyl sites for hydroxylation is 2. The number of carbonyl (C=O) groups is 1. The van der Waals surface area contributed by atoms with E-state index in [1.807, 2.05) is 41.2 Å². The van der Waals surface area contributed by atoms with Gasteiger partial charge in [0.25, 0.3) is 0 Å². The number of fused-ring (bicyclic) bond motifs is 3. The molecule has 0 saturated carbocycles. The Morgan fingerprint density at radius 1 is 1.19 bits per heavy atom. The number of hydrogen-bond acceptors (Lipinski definition) is 5. The number of piperidine rings is 1. The maximum Gasteiger partial charge on any atom is 0.225 e. The Bertz CT molecular complexity index is 1080. The number of benzene rings is 1. The third kappa shape index (κ3) is 3.96. The van der Waals surface area contributed by atoms with E-state index in [9.17, 15) is 4.79 Å². The first-order valence-corrected chi connectivity index (χ1v) is 11.2. The summed E-state index contributed by atoms with van der Waals surface area (Å²) in [5.41, 5.74) is 4.77. The zero-order valence-electron chi connectivity index (χ0n) is 18.0. The van der Waals surface area contributed by atoms with Crippen molar-refractivity contribution in [3.63, 3.8) is 0 Å². The molecule has 0 bridgehead atoms. The molecule has 1 fully saturated rings. The van der Waals surface area contributed by atoms with Gasteiger partial charge >= 0.3 is 0 Å². The maximum atomic E-state index is 12.9. The third-order valence-corrected chi connectivity index (χ3v) is 6.52. The number of ether oxygens (including phenoxy) is 1. The zero-order valence-corrected chi connectivity index (χ0v) is 18.0. The first kappa shape index (κ1) is 19.8. The molecule has 1 aromatic carbocycles. The van der Waals surface area contributed by atoms with E-state index in [0.717, 1.165) is 54.9 Å². The maximum absolute atomic E-state index is 12.9. The van der Waals surface area contributed by atoms with Crippen LogP contribution in [0.3, 0.4) is 0 Å². The van der Waals surface area contributed by atoms with Gasteiger partial charge in [0.05, 0.1) is 18.7 Å². The molecule has 5 rings (SSSR count). The lowest BCUT2D eigenvalue weighted by molar-refractivity contribution is -0.125. The lowest BCUT2D eigenvalue weighted by atomic mass is 9.95. The van der Waals surface area contributed by atoms with E-state index in [-0.39, 0.29) is 11.8 Å². The van der Waals surface area contributed by atoms with Crippen molar-refractivity contribution in [3.05, 3.63) is 53.5 Å². The van der Waals surface area contributed by atoms with Crippen LogP contribution in [0.1, 0.15) is 42.5 Å². The number of nitrogens with one attached hydrogen (secondary N) is 1. The molecular formula is C24H29N5O2. The van der Waals surface area contributed by atoms with Crippen LogP contribution in [0.5, 0.6) is 5.75 Å². The second kappa shape index (κ2) is 8.57. The molecule has 3 heterocycles. The summed E-state index contributed by atoms with van der Waals surface area (Å²) in [6, 6.07) is 7.81. The van der Waals surface area contributed by atoms with Crippen molar-refractivity contribution >= 4 is 17.2 Å². The Balaban J connectivity index is 1.30. The van der Waals surface area contributed by atoms with Crippen molar-refractivity contribution in [2.45, 2.75) is 45.1 Å². The summed E-state index contributed by atoms with van der Waals surface area (Å²) in [5.74, 6) is 1.88. The van der Waals surface area contributed by atoms with Crippen LogP contribution in [0, 0.1) is 5.92 Å². The first-order chi connectivity index (χ1) is 15.2. The average Bonchev–Trinajstić information content (AvgIpc) is 3.22. The summed E-state index contributed by atoms with van der Waals surface area (Å²) in [7, 11) is 1.65. The molecule has 31 heavy (non-hydrogen) atoms. The number of rotatable bonds is 5. The molecule has 2 aliphatic rings. The van der Waals surface area contributed by atoms with Crippen molar-refractivity contribution in [2.75, 3.05) is 25.1 Å². The monoisotopic (exact) mass is 419 g/mol. The summed E-state index contributed by atoms with van der Waals surface area (Å²) in [4.78, 5) is 19.9. The van der Waals surface area contributed by atoms with Crippen LogP contribution in [-0.4, -0.2) is 40.7 Å². The first-order valence-electron chi connectivity index (χ1n) is 11.2.